The van der Waals surface area contributed by atoms with E-state index in [1.807, 2.05) is 0 Å². The van der Waals surface area contributed by atoms with Gasteiger partial charge in [0, 0.05) is 0 Å². The fourth-order valence-corrected chi connectivity index (χ4v) is 1.52. The number of aromatic nitrogens is 3. The first-order valence-corrected chi connectivity index (χ1v) is 4.55. The molecule has 0 bridgehead atoms. The lowest BCUT2D eigenvalue weighted by molar-refractivity contribution is 0.583. The molecule has 2 N–H and O–H groups in total. The number of sulfone groups is 1. The van der Waals surface area contributed by atoms with Gasteiger partial charge in [0.25, 0.3) is 0 Å². The Hall–Kier alpha value is -0.950. The summed E-state index contributed by atoms with van der Waals surface area (Å²) in [5.74, 6) is -0.137. The molecule has 1 rings (SSSR count). The van der Waals surface area contributed by atoms with Crippen molar-refractivity contribution in [2.75, 3.05) is 12.9 Å². The van der Waals surface area contributed by atoms with Crippen molar-refractivity contribution in [3.63, 3.8) is 0 Å². The summed E-state index contributed by atoms with van der Waals surface area (Å²) in [6.07, 6.45) is 1.16. The van der Waals surface area contributed by atoms with E-state index in [-0.39, 0.29) is 11.0 Å². The number of nitrogens with zero attached hydrogens (tertiary/aromatic N) is 2. The molecule has 11 heavy (non-hydrogen) atoms. The van der Waals surface area contributed by atoms with E-state index < -0.39 is 9.84 Å². The molecule has 1 heterocycles. The predicted molar refractivity (Wildman–Crippen MR) is 37.5 cm³/mol. The van der Waals surface area contributed by atoms with Crippen molar-refractivity contribution >= 4 is 9.84 Å². The molecule has 0 fully saturated rings. The third-order valence-electron chi connectivity index (χ3n) is 1.02. The van der Waals surface area contributed by atoms with E-state index in [1.165, 1.54) is 0 Å². The van der Waals surface area contributed by atoms with Crippen LogP contribution < -0.4 is 5.32 Å². The monoisotopic (exact) mass is 176 g/mol. The van der Waals surface area contributed by atoms with Gasteiger partial charge in [-0.2, -0.15) is 5.10 Å². The van der Waals surface area contributed by atoms with Crippen molar-refractivity contribution in [1.29, 1.82) is 0 Å². The van der Waals surface area contributed by atoms with Gasteiger partial charge >= 0.3 is 0 Å². The van der Waals surface area contributed by atoms with Gasteiger partial charge < -0.3 is 5.32 Å². The van der Waals surface area contributed by atoms with Gasteiger partial charge in [0.2, 0.25) is 15.0 Å². The first kappa shape index (κ1) is 8.15. The maximum atomic E-state index is 11.1. The largest absolute Gasteiger partial charge is 0.306 e. The summed E-state index contributed by atoms with van der Waals surface area (Å²) < 4.78 is 22.2. The normalized spacial score (nSPS) is 11.7. The van der Waals surface area contributed by atoms with Gasteiger partial charge in [-0.15, -0.1) is 0 Å². The van der Waals surface area contributed by atoms with Crippen molar-refractivity contribution in [2.24, 2.45) is 0 Å². The summed E-state index contributed by atoms with van der Waals surface area (Å²) in [6.45, 7) is 0. The molecular formula is C4H8N4O2S. The van der Waals surface area contributed by atoms with Gasteiger partial charge in [0.1, 0.15) is 12.2 Å². The fraction of sp³-hybridized carbons (Fsp3) is 0.500. The highest BCUT2D eigenvalue weighted by molar-refractivity contribution is 7.91. The van der Waals surface area contributed by atoms with Gasteiger partial charge in [-0.1, -0.05) is 0 Å². The van der Waals surface area contributed by atoms with Crippen LogP contribution in [0.1, 0.15) is 0 Å². The Morgan fingerprint density at radius 2 is 2.45 bits per heavy atom. The molecule has 7 heteroatoms. The first-order valence-electron chi connectivity index (χ1n) is 2.89. The van der Waals surface area contributed by atoms with E-state index in [4.69, 9.17) is 0 Å². The fourth-order valence-electron chi connectivity index (χ4n) is 0.602. The minimum atomic E-state index is -3.31. The van der Waals surface area contributed by atoms with Gasteiger partial charge in [-0.25, -0.2) is 13.4 Å². The van der Waals surface area contributed by atoms with E-state index in [1.54, 1.807) is 7.05 Å². The maximum Gasteiger partial charge on any atom is 0.244 e. The molecule has 0 saturated carbocycles. The Balaban J connectivity index is 2.92. The zero-order chi connectivity index (χ0) is 8.32. The number of aromatic amines is 1. The standard InChI is InChI=1S/C4H8N4O2S/c1-5-3-11(9,10)4-6-2-7-8-4/h2,5H,3H2,1H3,(H,6,7,8). The number of H-pyrrole nitrogens is 1. The zero-order valence-corrected chi connectivity index (χ0v) is 6.72. The molecule has 0 atom stereocenters. The molecule has 6 nitrogen and oxygen atoms in total. The molecule has 0 aliphatic rings. The lowest BCUT2D eigenvalue weighted by Crippen LogP contribution is -2.20. The Bertz CT molecular complexity index is 303. The van der Waals surface area contributed by atoms with E-state index in [0.29, 0.717) is 0 Å². The Kier molecular flexibility index (Phi) is 2.20. The van der Waals surface area contributed by atoms with Crippen molar-refractivity contribution in [2.45, 2.75) is 5.16 Å². The molecular weight excluding hydrogens is 168 g/mol. The van der Waals surface area contributed by atoms with E-state index in [0.717, 1.165) is 6.33 Å². The summed E-state index contributed by atoms with van der Waals surface area (Å²) in [5, 5.41) is 8.12. The molecule has 0 aromatic carbocycles. The van der Waals surface area contributed by atoms with Crippen molar-refractivity contribution in [3.8, 4) is 0 Å². The second-order valence-electron chi connectivity index (χ2n) is 1.90. The van der Waals surface area contributed by atoms with Crippen LogP contribution in [-0.4, -0.2) is 36.5 Å². The van der Waals surface area contributed by atoms with Crippen LogP contribution in [0.2, 0.25) is 0 Å². The van der Waals surface area contributed by atoms with Crippen LogP contribution in [0.4, 0.5) is 0 Å². The van der Waals surface area contributed by atoms with Crippen LogP contribution in [0, 0.1) is 0 Å². The molecule has 62 valence electrons. The zero-order valence-electron chi connectivity index (χ0n) is 5.90. The summed E-state index contributed by atoms with van der Waals surface area (Å²) in [6, 6.07) is 0. The van der Waals surface area contributed by atoms with Crippen LogP contribution in [0.5, 0.6) is 0 Å². The highest BCUT2D eigenvalue weighted by atomic mass is 32.2. The van der Waals surface area contributed by atoms with Crippen molar-refractivity contribution in [1.82, 2.24) is 20.5 Å². The molecule has 0 aliphatic heterocycles. The third kappa shape index (κ3) is 1.75. The van der Waals surface area contributed by atoms with E-state index in [2.05, 4.69) is 20.5 Å². The Morgan fingerprint density at radius 1 is 1.73 bits per heavy atom. The van der Waals surface area contributed by atoms with Crippen LogP contribution in [0.25, 0.3) is 0 Å². The average Bonchev–Trinajstić information content (AvgIpc) is 2.37. The molecule has 0 aliphatic carbocycles. The Morgan fingerprint density at radius 3 is 2.91 bits per heavy atom. The molecule has 0 saturated heterocycles. The summed E-state index contributed by atoms with van der Waals surface area (Å²) >= 11 is 0. The number of nitrogens with one attached hydrogen (secondary N) is 2. The second kappa shape index (κ2) is 2.97. The van der Waals surface area contributed by atoms with Crippen molar-refractivity contribution in [3.05, 3.63) is 6.33 Å². The predicted octanol–water partition coefficient (Wildman–Crippen LogP) is -1.24. The SMILES string of the molecule is CNCS(=O)(=O)c1ncn[nH]1. The van der Waals surface area contributed by atoms with E-state index in [9.17, 15) is 8.42 Å². The summed E-state index contributed by atoms with van der Waals surface area (Å²) in [5.41, 5.74) is 0. The van der Waals surface area contributed by atoms with Crippen molar-refractivity contribution < 1.29 is 8.42 Å². The van der Waals surface area contributed by atoms with Gasteiger partial charge in [-0.3, -0.25) is 5.10 Å². The lowest BCUT2D eigenvalue weighted by Gasteiger charge is -1.96. The second-order valence-corrected chi connectivity index (χ2v) is 3.81. The third-order valence-corrected chi connectivity index (χ3v) is 2.48. The van der Waals surface area contributed by atoms with Gasteiger partial charge in [0.05, 0.1) is 0 Å². The van der Waals surface area contributed by atoms with E-state index >= 15 is 0 Å². The minimum absolute atomic E-state index is 0.105. The maximum absolute atomic E-state index is 11.1. The molecule has 0 unspecified atom stereocenters. The summed E-state index contributed by atoms with van der Waals surface area (Å²) in [4.78, 5) is 3.51. The number of rotatable bonds is 3. The smallest absolute Gasteiger partial charge is 0.244 e. The highest BCUT2D eigenvalue weighted by Crippen LogP contribution is 1.98. The number of hydrogen-bond donors (Lipinski definition) is 2. The Labute approximate surface area is 64.0 Å². The molecule has 0 amide bonds. The lowest BCUT2D eigenvalue weighted by atomic mass is 11.2. The first-order chi connectivity index (χ1) is 5.17. The molecule has 1 aromatic rings. The summed E-state index contributed by atoms with van der Waals surface area (Å²) in [7, 11) is -1.76. The minimum Gasteiger partial charge on any atom is -0.306 e. The highest BCUT2D eigenvalue weighted by Gasteiger charge is 2.15. The average molecular weight is 176 g/mol. The quantitative estimate of drug-likeness (QED) is 0.601. The molecule has 0 spiro atoms. The van der Waals surface area contributed by atoms with Crippen LogP contribution in [0.15, 0.2) is 11.5 Å². The van der Waals surface area contributed by atoms with Crippen LogP contribution >= 0.6 is 0 Å². The number of hydrogen-bond acceptors (Lipinski definition) is 5. The molecule has 0 radical (unpaired) electrons. The van der Waals surface area contributed by atoms with Crippen LogP contribution in [0.3, 0.4) is 0 Å². The van der Waals surface area contributed by atoms with Gasteiger partial charge in [-0.05, 0) is 7.05 Å². The molecule has 1 aromatic heterocycles. The van der Waals surface area contributed by atoms with Gasteiger partial charge in [0.15, 0.2) is 0 Å². The topological polar surface area (TPSA) is 87.7 Å². The van der Waals surface area contributed by atoms with Crippen LogP contribution in [-0.2, 0) is 9.84 Å².